The molecule has 0 saturated heterocycles. The van der Waals surface area contributed by atoms with E-state index in [9.17, 15) is 4.79 Å². The molecular weight excluding hydrogens is 513 g/mol. The van der Waals surface area contributed by atoms with E-state index in [0.29, 0.717) is 5.75 Å². The van der Waals surface area contributed by atoms with Crippen LogP contribution in [0, 0.1) is 0 Å². The Kier molecular flexibility index (Phi) is 9.32. The number of benzene rings is 3. The summed E-state index contributed by atoms with van der Waals surface area (Å²) < 4.78 is 5.17. The summed E-state index contributed by atoms with van der Waals surface area (Å²) in [6.45, 7) is 3.75. The average Bonchev–Trinajstić information content (AvgIpc) is 2.67. The molecular formula is C21H20Cl4FeO2P. The number of carbonyl (C=O) groups excluding carboxylic acids is 1. The zero-order chi connectivity index (χ0) is 21.5. The van der Waals surface area contributed by atoms with Gasteiger partial charge in [0.05, 0.1) is 6.66 Å². The molecule has 0 bridgehead atoms. The Morgan fingerprint density at radius 2 is 1.07 bits per heavy atom. The predicted octanol–water partition coefficient (Wildman–Crippen LogP) is 6.29. The van der Waals surface area contributed by atoms with Gasteiger partial charge >= 0.3 is 55.6 Å². The van der Waals surface area contributed by atoms with Crippen molar-refractivity contribution in [3.05, 3.63) is 84.9 Å². The van der Waals surface area contributed by atoms with Gasteiger partial charge in [0.1, 0.15) is 28.9 Å². The Morgan fingerprint density at radius 3 is 1.41 bits per heavy atom. The first kappa shape index (κ1) is 24.5. The average molecular weight is 533 g/mol. The third-order valence-corrected chi connectivity index (χ3v) is 8.15. The first-order valence-electron chi connectivity index (χ1n) is 8.41. The molecule has 0 aromatic heterocycles. The number of hydrogen-bond donors (Lipinski definition) is 0. The third kappa shape index (κ3) is 7.78. The van der Waals surface area contributed by atoms with Crippen molar-refractivity contribution in [1.82, 2.24) is 0 Å². The van der Waals surface area contributed by atoms with Gasteiger partial charge in [-0.25, -0.2) is 0 Å². The zero-order valence-corrected chi connectivity index (χ0v) is 20.7. The molecule has 0 heterocycles. The van der Waals surface area contributed by atoms with Crippen LogP contribution in [0.2, 0.25) is 0 Å². The van der Waals surface area contributed by atoms with Gasteiger partial charge in [-0.1, -0.05) is 36.4 Å². The Hall–Kier alpha value is -0.761. The molecule has 157 valence electrons. The summed E-state index contributed by atoms with van der Waals surface area (Å²) in [6, 6.07) is 29.1. The van der Waals surface area contributed by atoms with Gasteiger partial charge in [0, 0.05) is 6.92 Å². The molecule has 2 nitrogen and oxygen atoms in total. The van der Waals surface area contributed by atoms with Crippen molar-refractivity contribution in [2.45, 2.75) is 6.92 Å². The number of carbonyl (C=O) groups is 1. The van der Waals surface area contributed by atoms with E-state index in [4.69, 9.17) is 45.1 Å². The molecule has 8 heteroatoms. The maximum absolute atomic E-state index is 11.1. The van der Waals surface area contributed by atoms with Crippen LogP contribution in [0.3, 0.4) is 0 Å². The minimum absolute atomic E-state index is 0.300. The van der Waals surface area contributed by atoms with E-state index in [-0.39, 0.29) is 5.97 Å². The zero-order valence-electron chi connectivity index (χ0n) is 15.7. The van der Waals surface area contributed by atoms with Crippen LogP contribution in [-0.2, 0) is 14.0 Å². The fourth-order valence-corrected chi connectivity index (χ4v) is 6.05. The first-order chi connectivity index (χ1) is 13.6. The summed E-state index contributed by atoms with van der Waals surface area (Å²) in [5.74, 6) is 0.283. The summed E-state index contributed by atoms with van der Waals surface area (Å²) in [4.78, 5) is 11.1. The Labute approximate surface area is 191 Å². The second kappa shape index (κ2) is 11.0. The summed E-state index contributed by atoms with van der Waals surface area (Å²) in [7, 11) is 15.5. The van der Waals surface area contributed by atoms with Gasteiger partial charge in [-0.05, 0) is 48.5 Å². The van der Waals surface area contributed by atoms with Crippen molar-refractivity contribution in [1.29, 1.82) is 0 Å². The first-order valence-corrected chi connectivity index (χ1v) is 16.7. The van der Waals surface area contributed by atoms with E-state index >= 15 is 0 Å². The number of ether oxygens (including phenoxy) is 1. The summed E-state index contributed by atoms with van der Waals surface area (Å²) in [5, 5.41) is 3.92. The SMILES string of the molecule is CC(=O)Oc1ccc([P+](C)(c2ccccc2)c2ccccc2)cc1.[Cl][Fe-]([Cl])([Cl])[Cl]. The fourth-order valence-electron chi connectivity index (χ4n) is 2.88. The van der Waals surface area contributed by atoms with Crippen LogP contribution in [0.1, 0.15) is 6.92 Å². The van der Waals surface area contributed by atoms with Crippen LogP contribution in [-0.4, -0.2) is 12.6 Å². The minimum atomic E-state index is -2.61. The third-order valence-electron chi connectivity index (χ3n) is 4.16. The topological polar surface area (TPSA) is 26.3 Å². The molecule has 0 N–H and O–H groups in total. The van der Waals surface area contributed by atoms with E-state index in [1.54, 1.807) is 0 Å². The van der Waals surface area contributed by atoms with Crippen LogP contribution < -0.4 is 20.7 Å². The van der Waals surface area contributed by atoms with Gasteiger partial charge in [-0.15, -0.1) is 0 Å². The second-order valence-electron chi connectivity index (χ2n) is 6.07. The second-order valence-corrected chi connectivity index (χ2v) is 20.6. The van der Waals surface area contributed by atoms with Crippen LogP contribution >= 0.6 is 47.7 Å². The standard InChI is InChI=1S/C21H20O2P.4ClH.Fe/c1-17(22)23-18-13-15-21(16-14-18)24(2,19-9-5-3-6-10-19)20-11-7-4-8-12-20;;;;;/h3-16H,1-2H3;4*1H;/q+1;;;;;+3/p-4. The summed E-state index contributed by atoms with van der Waals surface area (Å²) in [6.07, 6.45) is 0. The number of hydrogen-bond acceptors (Lipinski definition) is 2. The molecule has 0 radical (unpaired) electrons. The Morgan fingerprint density at radius 1 is 0.724 bits per heavy atom. The van der Waals surface area contributed by atoms with E-state index in [0.717, 1.165) is 0 Å². The molecule has 3 rings (SSSR count). The molecule has 0 aliphatic heterocycles. The van der Waals surface area contributed by atoms with Crippen LogP contribution in [0.5, 0.6) is 5.75 Å². The number of rotatable bonds is 4. The predicted molar refractivity (Wildman–Crippen MR) is 126 cm³/mol. The van der Waals surface area contributed by atoms with Gasteiger partial charge in [0.25, 0.3) is 0 Å². The van der Waals surface area contributed by atoms with Gasteiger partial charge in [-0.2, -0.15) is 0 Å². The molecule has 0 fully saturated rings. The van der Waals surface area contributed by atoms with Crippen molar-refractivity contribution in [3.63, 3.8) is 0 Å². The molecule has 0 aliphatic rings. The maximum atomic E-state index is 11.1. The summed E-state index contributed by atoms with van der Waals surface area (Å²) in [5.41, 5.74) is 0. The molecule has 0 saturated carbocycles. The van der Waals surface area contributed by atoms with E-state index < -0.39 is 16.5 Å². The van der Waals surface area contributed by atoms with Crippen molar-refractivity contribution in [2.75, 3.05) is 6.66 Å². The van der Waals surface area contributed by atoms with Crippen molar-refractivity contribution < 1.29 is 18.7 Å². The van der Waals surface area contributed by atoms with Gasteiger partial charge in [-0.3, -0.25) is 4.79 Å². The van der Waals surface area contributed by atoms with E-state index in [1.807, 2.05) is 24.3 Å². The normalized spacial score (nSPS) is 11.8. The molecule has 0 amide bonds. The van der Waals surface area contributed by atoms with Crippen LogP contribution in [0.4, 0.5) is 0 Å². The number of esters is 1. The molecule has 3 aromatic carbocycles. The van der Waals surface area contributed by atoms with Crippen molar-refractivity contribution in [3.8, 4) is 5.75 Å². The molecule has 29 heavy (non-hydrogen) atoms. The Balaban J connectivity index is 0.000000537. The van der Waals surface area contributed by atoms with Crippen LogP contribution in [0.15, 0.2) is 84.9 Å². The van der Waals surface area contributed by atoms with Crippen molar-refractivity contribution >= 4 is 69.5 Å². The molecule has 0 unspecified atom stereocenters. The Bertz CT molecular complexity index is 871. The van der Waals surface area contributed by atoms with Gasteiger partial charge in [0.15, 0.2) is 0 Å². The van der Waals surface area contributed by atoms with E-state index in [1.165, 1.54) is 22.8 Å². The fraction of sp³-hybridized carbons (Fsp3) is 0.0952. The van der Waals surface area contributed by atoms with E-state index in [2.05, 4.69) is 67.3 Å². The molecule has 0 aliphatic carbocycles. The van der Waals surface area contributed by atoms with Gasteiger partial charge in [0.2, 0.25) is 0 Å². The molecule has 0 spiro atoms. The quantitative estimate of drug-likeness (QED) is 0.171. The number of halogens is 4. The molecule has 0 atom stereocenters. The van der Waals surface area contributed by atoms with Crippen LogP contribution in [0.25, 0.3) is 0 Å². The molecule has 3 aromatic rings. The van der Waals surface area contributed by atoms with Gasteiger partial charge < -0.3 is 4.74 Å². The van der Waals surface area contributed by atoms with Crippen molar-refractivity contribution in [2.24, 2.45) is 0 Å². The monoisotopic (exact) mass is 531 g/mol. The summed E-state index contributed by atoms with van der Waals surface area (Å²) >= 11 is 0.